The summed E-state index contributed by atoms with van der Waals surface area (Å²) in [6.45, 7) is 7.97. The van der Waals surface area contributed by atoms with Crippen molar-refractivity contribution in [1.82, 2.24) is 9.80 Å². The number of rotatable bonds is 13. The molecule has 4 rings (SSSR count). The van der Waals surface area contributed by atoms with Crippen LogP contribution in [0.4, 0.5) is 0 Å². The van der Waals surface area contributed by atoms with Gasteiger partial charge in [0.1, 0.15) is 11.5 Å². The first-order valence-electron chi connectivity index (χ1n) is 13.7. The molecule has 2 aromatic rings. The summed E-state index contributed by atoms with van der Waals surface area (Å²) < 4.78 is 11.8. The molecular formula is C30H40N2O4. The summed E-state index contributed by atoms with van der Waals surface area (Å²) in [5.74, 6) is 0.184. The molecular weight excluding hydrogens is 452 g/mol. The van der Waals surface area contributed by atoms with Gasteiger partial charge in [0.05, 0.1) is 13.2 Å². The van der Waals surface area contributed by atoms with E-state index in [2.05, 4.69) is 9.80 Å². The smallest absolute Gasteiger partial charge is 0.233 e. The van der Waals surface area contributed by atoms with Crippen LogP contribution in [0.3, 0.4) is 0 Å². The second-order valence-electron chi connectivity index (χ2n) is 9.92. The van der Waals surface area contributed by atoms with E-state index in [0.29, 0.717) is 35.8 Å². The molecule has 0 unspecified atom stereocenters. The minimum atomic E-state index is -0.531. The lowest BCUT2D eigenvalue weighted by Crippen LogP contribution is -2.31. The molecule has 0 spiro atoms. The van der Waals surface area contributed by atoms with E-state index in [1.54, 1.807) is 36.4 Å². The van der Waals surface area contributed by atoms with E-state index >= 15 is 0 Å². The maximum absolute atomic E-state index is 12.9. The summed E-state index contributed by atoms with van der Waals surface area (Å²) in [7, 11) is 0. The number of carbonyl (C=O) groups excluding carboxylic acids is 2. The van der Waals surface area contributed by atoms with Crippen molar-refractivity contribution in [1.29, 1.82) is 0 Å². The molecule has 194 valence electrons. The summed E-state index contributed by atoms with van der Waals surface area (Å²) in [5.41, 5.74) is 0.697. The second kappa shape index (κ2) is 14.1. The summed E-state index contributed by atoms with van der Waals surface area (Å²) in [4.78, 5) is 30.8. The van der Waals surface area contributed by atoms with E-state index in [-0.39, 0.29) is 0 Å². The number of hydrogen-bond acceptors (Lipinski definition) is 6. The van der Waals surface area contributed by atoms with Crippen molar-refractivity contribution < 1.29 is 19.1 Å². The molecule has 6 nitrogen and oxygen atoms in total. The number of likely N-dealkylation sites (tertiary alicyclic amines) is 2. The summed E-state index contributed by atoms with van der Waals surface area (Å²) >= 11 is 0. The van der Waals surface area contributed by atoms with Crippen LogP contribution in [0.15, 0.2) is 48.5 Å². The molecule has 0 N–H and O–H groups in total. The van der Waals surface area contributed by atoms with Crippen LogP contribution in [0.1, 0.15) is 72.1 Å². The van der Waals surface area contributed by atoms with Crippen LogP contribution in [0.5, 0.6) is 11.5 Å². The highest BCUT2D eigenvalue weighted by Crippen LogP contribution is 2.19. The number of carbonyl (C=O) groups is 2. The molecule has 0 saturated carbocycles. The van der Waals surface area contributed by atoms with E-state index in [1.807, 2.05) is 12.1 Å². The lowest BCUT2D eigenvalue weighted by atomic mass is 10.0. The van der Waals surface area contributed by atoms with Gasteiger partial charge in [-0.2, -0.15) is 0 Å². The Bertz CT molecular complexity index is 901. The summed E-state index contributed by atoms with van der Waals surface area (Å²) in [6, 6.07) is 13.9. The van der Waals surface area contributed by atoms with Crippen molar-refractivity contribution in [3.63, 3.8) is 0 Å². The minimum Gasteiger partial charge on any atom is -0.494 e. The van der Waals surface area contributed by atoms with Gasteiger partial charge in [0, 0.05) is 24.2 Å². The highest BCUT2D eigenvalue weighted by atomic mass is 16.5. The molecule has 36 heavy (non-hydrogen) atoms. The van der Waals surface area contributed by atoms with Crippen LogP contribution < -0.4 is 9.47 Å². The molecule has 0 aromatic heterocycles. The molecule has 2 aliphatic heterocycles. The normalized spacial score (nSPS) is 17.0. The van der Waals surface area contributed by atoms with Crippen LogP contribution in [0, 0.1) is 0 Å². The highest BCUT2D eigenvalue weighted by molar-refractivity contribution is 6.49. The van der Waals surface area contributed by atoms with Gasteiger partial charge < -0.3 is 19.3 Å². The zero-order valence-corrected chi connectivity index (χ0v) is 21.5. The van der Waals surface area contributed by atoms with Gasteiger partial charge in [-0.1, -0.05) is 37.1 Å². The van der Waals surface area contributed by atoms with Crippen molar-refractivity contribution in [3.05, 3.63) is 59.7 Å². The Hall–Kier alpha value is -2.70. The first-order valence-corrected chi connectivity index (χ1v) is 13.7. The van der Waals surface area contributed by atoms with Crippen molar-refractivity contribution in [2.45, 2.75) is 51.4 Å². The van der Waals surface area contributed by atoms with Gasteiger partial charge in [-0.3, -0.25) is 9.59 Å². The SMILES string of the molecule is O=C(C(=O)c1cccc(OCCCN2CCCCC2)c1)c1cccc(OCCCN2CCCCC2)c1. The van der Waals surface area contributed by atoms with Crippen molar-refractivity contribution in [2.24, 2.45) is 0 Å². The lowest BCUT2D eigenvalue weighted by molar-refractivity contribution is 0.0816. The molecule has 2 heterocycles. The number of ether oxygens (including phenoxy) is 2. The third-order valence-electron chi connectivity index (χ3n) is 7.07. The third kappa shape index (κ3) is 8.17. The Morgan fingerprint density at radius 1 is 0.611 bits per heavy atom. The Kier molecular flexibility index (Phi) is 10.4. The zero-order chi connectivity index (χ0) is 25.0. The zero-order valence-electron chi connectivity index (χ0n) is 21.5. The van der Waals surface area contributed by atoms with Crippen LogP contribution in [-0.4, -0.2) is 73.8 Å². The molecule has 0 aliphatic carbocycles. The number of nitrogens with zero attached hydrogens (tertiary/aromatic N) is 2. The van der Waals surface area contributed by atoms with E-state index in [4.69, 9.17) is 9.47 Å². The Morgan fingerprint density at radius 2 is 1.03 bits per heavy atom. The van der Waals surface area contributed by atoms with Crippen LogP contribution in [0.2, 0.25) is 0 Å². The fourth-order valence-corrected chi connectivity index (χ4v) is 5.04. The number of benzene rings is 2. The number of piperidine rings is 2. The van der Waals surface area contributed by atoms with Gasteiger partial charge in [0.2, 0.25) is 11.6 Å². The van der Waals surface area contributed by atoms with Crippen molar-refractivity contribution >= 4 is 11.6 Å². The minimum absolute atomic E-state index is 0.349. The Balaban J connectivity index is 1.24. The monoisotopic (exact) mass is 492 g/mol. The molecule has 2 saturated heterocycles. The maximum atomic E-state index is 12.9. The van der Waals surface area contributed by atoms with Gasteiger partial charge in [-0.25, -0.2) is 0 Å². The number of hydrogen-bond donors (Lipinski definition) is 0. The quantitative estimate of drug-likeness (QED) is 0.216. The van der Waals surface area contributed by atoms with Crippen LogP contribution >= 0.6 is 0 Å². The van der Waals surface area contributed by atoms with Crippen LogP contribution in [0.25, 0.3) is 0 Å². The largest absolute Gasteiger partial charge is 0.494 e. The highest BCUT2D eigenvalue weighted by Gasteiger charge is 2.19. The molecule has 0 atom stereocenters. The average Bonchev–Trinajstić information content (AvgIpc) is 2.94. The van der Waals surface area contributed by atoms with Gasteiger partial charge in [0.15, 0.2) is 0 Å². The Labute approximate surface area is 215 Å². The first kappa shape index (κ1) is 26.4. The number of Topliss-reactive ketones (excluding diaryl/α,β-unsaturated/α-hetero) is 2. The van der Waals surface area contributed by atoms with Crippen molar-refractivity contribution in [2.75, 3.05) is 52.5 Å². The van der Waals surface area contributed by atoms with Gasteiger partial charge in [0.25, 0.3) is 0 Å². The molecule has 0 amide bonds. The van der Waals surface area contributed by atoms with Gasteiger partial charge >= 0.3 is 0 Å². The van der Waals surface area contributed by atoms with Gasteiger partial charge in [-0.15, -0.1) is 0 Å². The molecule has 0 bridgehead atoms. The maximum Gasteiger partial charge on any atom is 0.233 e. The third-order valence-corrected chi connectivity index (χ3v) is 7.07. The van der Waals surface area contributed by atoms with Gasteiger partial charge in [-0.05, 0) is 89.0 Å². The van der Waals surface area contributed by atoms with E-state index in [1.165, 1.54) is 64.7 Å². The molecule has 6 heteroatoms. The summed E-state index contributed by atoms with van der Waals surface area (Å²) in [6.07, 6.45) is 9.70. The standard InChI is InChI=1S/C30H40N2O4/c33-29(25-11-7-13-27(23-25)35-21-9-19-31-15-3-1-4-16-31)30(34)26-12-8-14-28(24-26)36-22-10-20-32-17-5-2-6-18-32/h7-8,11-14,23-24H,1-6,9-10,15-22H2. The number of ketones is 2. The molecule has 0 radical (unpaired) electrons. The molecule has 2 aliphatic rings. The Morgan fingerprint density at radius 3 is 1.44 bits per heavy atom. The fraction of sp³-hybridized carbons (Fsp3) is 0.533. The predicted molar refractivity (Wildman–Crippen MR) is 142 cm³/mol. The predicted octanol–water partition coefficient (Wildman–Crippen LogP) is 5.26. The topological polar surface area (TPSA) is 59.1 Å². The average molecular weight is 493 g/mol. The van der Waals surface area contributed by atoms with E-state index < -0.39 is 11.6 Å². The van der Waals surface area contributed by atoms with E-state index in [9.17, 15) is 9.59 Å². The summed E-state index contributed by atoms with van der Waals surface area (Å²) in [5, 5.41) is 0. The van der Waals surface area contributed by atoms with Crippen LogP contribution in [-0.2, 0) is 0 Å². The van der Waals surface area contributed by atoms with E-state index in [0.717, 1.165) is 25.9 Å². The molecule has 2 aromatic carbocycles. The van der Waals surface area contributed by atoms with Crippen molar-refractivity contribution in [3.8, 4) is 11.5 Å². The molecule has 2 fully saturated rings. The second-order valence-corrected chi connectivity index (χ2v) is 9.92. The fourth-order valence-electron chi connectivity index (χ4n) is 5.04. The first-order chi connectivity index (χ1) is 17.7. The lowest BCUT2D eigenvalue weighted by Gasteiger charge is -2.26.